The Morgan fingerprint density at radius 3 is 2.88 bits per heavy atom. The highest BCUT2D eigenvalue weighted by atomic mass is 35.5. The van der Waals surface area contributed by atoms with Crippen LogP contribution in [0.2, 0.25) is 5.02 Å². The zero-order chi connectivity index (χ0) is 11.4. The van der Waals surface area contributed by atoms with Gasteiger partial charge in [0, 0.05) is 12.6 Å². The van der Waals surface area contributed by atoms with Gasteiger partial charge in [-0.1, -0.05) is 17.7 Å². The Bertz CT molecular complexity index is 353. The van der Waals surface area contributed by atoms with E-state index in [4.69, 9.17) is 21.4 Å². The highest BCUT2D eigenvalue weighted by molar-refractivity contribution is 6.32. The quantitative estimate of drug-likeness (QED) is 0.800. The summed E-state index contributed by atoms with van der Waals surface area (Å²) in [5, 5.41) is 12.7. The van der Waals surface area contributed by atoms with Gasteiger partial charge in [0.05, 0.1) is 11.6 Å². The van der Waals surface area contributed by atoms with Crippen LogP contribution in [0.5, 0.6) is 5.75 Å². The van der Waals surface area contributed by atoms with Crippen LogP contribution in [-0.2, 0) is 6.54 Å². The van der Waals surface area contributed by atoms with Crippen LogP contribution in [0.1, 0.15) is 18.4 Å². The van der Waals surface area contributed by atoms with E-state index in [1.165, 1.54) is 12.8 Å². The van der Waals surface area contributed by atoms with Crippen LogP contribution in [0, 0.1) is 0 Å². The van der Waals surface area contributed by atoms with Crippen molar-refractivity contribution in [2.24, 2.45) is 0 Å². The third-order valence-electron chi connectivity index (χ3n) is 2.52. The van der Waals surface area contributed by atoms with Crippen molar-refractivity contribution in [1.82, 2.24) is 5.32 Å². The second-order valence-electron chi connectivity index (χ2n) is 3.99. The number of rotatable bonds is 6. The van der Waals surface area contributed by atoms with Crippen LogP contribution in [0.25, 0.3) is 0 Å². The zero-order valence-electron chi connectivity index (χ0n) is 9.08. The summed E-state index contributed by atoms with van der Waals surface area (Å²) in [5.74, 6) is 0.630. The minimum atomic E-state index is 0.00131. The van der Waals surface area contributed by atoms with E-state index >= 15 is 0 Å². The molecule has 1 aliphatic rings. The molecule has 0 radical (unpaired) electrons. The maximum atomic E-state index is 8.65. The first kappa shape index (κ1) is 11.7. The fraction of sp³-hybridized carbons (Fsp3) is 0.500. The van der Waals surface area contributed by atoms with Crippen molar-refractivity contribution in [2.45, 2.75) is 25.4 Å². The van der Waals surface area contributed by atoms with Crippen LogP contribution in [0.15, 0.2) is 18.2 Å². The molecule has 0 aromatic heterocycles. The molecule has 1 fully saturated rings. The molecule has 1 aromatic rings. The van der Waals surface area contributed by atoms with E-state index in [1.807, 2.05) is 18.2 Å². The van der Waals surface area contributed by atoms with Gasteiger partial charge in [-0.2, -0.15) is 0 Å². The number of aliphatic hydroxyl groups is 1. The summed E-state index contributed by atoms with van der Waals surface area (Å²) >= 11 is 6.06. The second kappa shape index (κ2) is 5.53. The molecular weight excluding hydrogens is 226 g/mol. The lowest BCUT2D eigenvalue weighted by atomic mass is 10.2. The number of hydrogen-bond acceptors (Lipinski definition) is 3. The van der Waals surface area contributed by atoms with Gasteiger partial charge in [-0.15, -0.1) is 0 Å². The van der Waals surface area contributed by atoms with E-state index in [9.17, 15) is 0 Å². The minimum Gasteiger partial charge on any atom is -0.490 e. The summed E-state index contributed by atoms with van der Waals surface area (Å²) in [6, 6.07) is 6.45. The van der Waals surface area contributed by atoms with Crippen molar-refractivity contribution in [3.8, 4) is 5.75 Å². The predicted molar refractivity (Wildman–Crippen MR) is 63.9 cm³/mol. The Kier molecular flexibility index (Phi) is 4.04. The monoisotopic (exact) mass is 241 g/mol. The molecule has 2 rings (SSSR count). The van der Waals surface area contributed by atoms with Crippen molar-refractivity contribution in [3.63, 3.8) is 0 Å². The van der Waals surface area contributed by atoms with Crippen molar-refractivity contribution in [3.05, 3.63) is 28.8 Å². The summed E-state index contributed by atoms with van der Waals surface area (Å²) in [4.78, 5) is 0. The molecule has 0 aliphatic heterocycles. The van der Waals surface area contributed by atoms with Crippen molar-refractivity contribution in [1.29, 1.82) is 0 Å². The lowest BCUT2D eigenvalue weighted by Crippen LogP contribution is -2.15. The van der Waals surface area contributed by atoms with Gasteiger partial charge < -0.3 is 15.2 Å². The van der Waals surface area contributed by atoms with Crippen LogP contribution in [0.4, 0.5) is 0 Å². The molecule has 0 amide bonds. The Morgan fingerprint density at radius 2 is 2.25 bits per heavy atom. The maximum absolute atomic E-state index is 8.65. The molecule has 3 nitrogen and oxygen atoms in total. The third-order valence-corrected chi connectivity index (χ3v) is 2.81. The zero-order valence-corrected chi connectivity index (χ0v) is 9.83. The summed E-state index contributed by atoms with van der Waals surface area (Å²) < 4.78 is 5.28. The third kappa shape index (κ3) is 3.37. The number of benzene rings is 1. The fourth-order valence-corrected chi connectivity index (χ4v) is 1.73. The van der Waals surface area contributed by atoms with Gasteiger partial charge in [0.1, 0.15) is 12.4 Å². The average Bonchev–Trinajstić information content (AvgIpc) is 3.09. The van der Waals surface area contributed by atoms with Gasteiger partial charge in [-0.25, -0.2) is 0 Å². The van der Waals surface area contributed by atoms with Gasteiger partial charge in [0.15, 0.2) is 0 Å². The van der Waals surface area contributed by atoms with Gasteiger partial charge in [-0.05, 0) is 30.5 Å². The van der Waals surface area contributed by atoms with E-state index in [-0.39, 0.29) is 13.2 Å². The topological polar surface area (TPSA) is 41.5 Å². The van der Waals surface area contributed by atoms with Crippen LogP contribution in [-0.4, -0.2) is 24.4 Å². The molecule has 1 aromatic carbocycles. The van der Waals surface area contributed by atoms with Gasteiger partial charge in [0.25, 0.3) is 0 Å². The summed E-state index contributed by atoms with van der Waals surface area (Å²) in [6.07, 6.45) is 2.57. The van der Waals surface area contributed by atoms with E-state index < -0.39 is 0 Å². The molecule has 0 saturated heterocycles. The lowest BCUT2D eigenvalue weighted by Gasteiger charge is -2.08. The average molecular weight is 242 g/mol. The Morgan fingerprint density at radius 1 is 1.44 bits per heavy atom. The molecule has 2 N–H and O–H groups in total. The summed E-state index contributed by atoms with van der Waals surface area (Å²) in [7, 11) is 0. The van der Waals surface area contributed by atoms with Gasteiger partial charge in [-0.3, -0.25) is 0 Å². The highest BCUT2D eigenvalue weighted by Gasteiger charge is 2.19. The van der Waals surface area contributed by atoms with Crippen LogP contribution in [0.3, 0.4) is 0 Å². The van der Waals surface area contributed by atoms with Crippen LogP contribution < -0.4 is 10.1 Å². The van der Waals surface area contributed by atoms with Crippen molar-refractivity contribution in [2.75, 3.05) is 13.2 Å². The van der Waals surface area contributed by atoms with E-state index in [2.05, 4.69) is 5.32 Å². The highest BCUT2D eigenvalue weighted by Crippen LogP contribution is 2.26. The smallest absolute Gasteiger partial charge is 0.138 e. The first-order chi connectivity index (χ1) is 7.79. The van der Waals surface area contributed by atoms with E-state index in [0.29, 0.717) is 16.8 Å². The number of hydrogen-bond donors (Lipinski definition) is 2. The second-order valence-corrected chi connectivity index (χ2v) is 4.40. The molecule has 0 bridgehead atoms. The largest absolute Gasteiger partial charge is 0.490 e. The molecule has 0 unspecified atom stereocenters. The van der Waals surface area contributed by atoms with E-state index in [0.717, 1.165) is 12.1 Å². The molecule has 1 saturated carbocycles. The molecule has 88 valence electrons. The van der Waals surface area contributed by atoms with Gasteiger partial charge >= 0.3 is 0 Å². The first-order valence-electron chi connectivity index (χ1n) is 5.55. The standard InChI is InChI=1S/C12H16ClNO2/c13-11-7-9(8-14-10-2-3-10)1-4-12(11)16-6-5-15/h1,4,7,10,14-15H,2-3,5-6,8H2. The molecule has 0 spiro atoms. The normalized spacial score (nSPS) is 15.1. The molecule has 4 heteroatoms. The van der Waals surface area contributed by atoms with E-state index in [1.54, 1.807) is 0 Å². The molecular formula is C12H16ClNO2. The fourth-order valence-electron chi connectivity index (χ4n) is 1.48. The molecule has 1 aliphatic carbocycles. The number of nitrogens with one attached hydrogen (secondary N) is 1. The SMILES string of the molecule is OCCOc1ccc(CNC2CC2)cc1Cl. The number of aliphatic hydroxyl groups excluding tert-OH is 1. The Balaban J connectivity index is 1.91. The van der Waals surface area contributed by atoms with Gasteiger partial charge in [0.2, 0.25) is 0 Å². The number of ether oxygens (including phenoxy) is 1. The Hall–Kier alpha value is -0.770. The van der Waals surface area contributed by atoms with Crippen molar-refractivity contribution >= 4 is 11.6 Å². The lowest BCUT2D eigenvalue weighted by molar-refractivity contribution is 0.201. The number of halogens is 1. The molecule has 16 heavy (non-hydrogen) atoms. The molecule has 0 heterocycles. The first-order valence-corrected chi connectivity index (χ1v) is 5.93. The predicted octanol–water partition coefficient (Wildman–Crippen LogP) is 1.96. The minimum absolute atomic E-state index is 0.00131. The Labute approximate surface area is 100 Å². The summed E-state index contributed by atoms with van der Waals surface area (Å²) in [5.41, 5.74) is 1.16. The molecule has 0 atom stereocenters. The maximum Gasteiger partial charge on any atom is 0.138 e. The van der Waals surface area contributed by atoms with Crippen molar-refractivity contribution < 1.29 is 9.84 Å². The summed E-state index contributed by atoms with van der Waals surface area (Å²) in [6.45, 7) is 1.13. The van der Waals surface area contributed by atoms with Crippen LogP contribution >= 0.6 is 11.6 Å².